The van der Waals surface area contributed by atoms with Crippen molar-refractivity contribution in [2.45, 2.75) is 44.8 Å². The fourth-order valence-corrected chi connectivity index (χ4v) is 5.01. The van der Waals surface area contributed by atoms with Crippen molar-refractivity contribution in [3.63, 3.8) is 0 Å². The number of carbonyl (C=O) groups excluding carboxylic acids is 1. The van der Waals surface area contributed by atoms with E-state index in [1.807, 2.05) is 12.1 Å². The van der Waals surface area contributed by atoms with Gasteiger partial charge in [-0.05, 0) is 43.0 Å². The average Bonchev–Trinajstić information content (AvgIpc) is 2.79. The molecular formula is C24H27FN6O2. The van der Waals surface area contributed by atoms with Crippen LogP contribution in [-0.4, -0.2) is 58.0 Å². The first-order valence-electron chi connectivity index (χ1n) is 11.4. The minimum atomic E-state index is -0.522. The van der Waals surface area contributed by atoms with E-state index in [0.29, 0.717) is 36.3 Å². The monoisotopic (exact) mass is 450 g/mol. The topological polar surface area (TPSA) is 94.2 Å². The Morgan fingerprint density at radius 1 is 1.21 bits per heavy atom. The van der Waals surface area contributed by atoms with Gasteiger partial charge < -0.3 is 15.2 Å². The molecule has 33 heavy (non-hydrogen) atoms. The number of halogens is 1. The van der Waals surface area contributed by atoms with Crippen molar-refractivity contribution in [2.75, 3.05) is 25.0 Å². The first kappa shape index (κ1) is 21.5. The Balaban J connectivity index is 1.32. The van der Waals surface area contributed by atoms with Crippen molar-refractivity contribution in [1.82, 2.24) is 25.2 Å². The number of amides is 1. The zero-order valence-electron chi connectivity index (χ0n) is 18.8. The highest BCUT2D eigenvalue weighted by atomic mass is 19.1. The minimum absolute atomic E-state index is 0.147. The van der Waals surface area contributed by atoms with Gasteiger partial charge in [0.2, 0.25) is 0 Å². The standard InChI is InChI=1S/C24H27FN6O2/c1-3-16-21(25)22-18(29-23(16)32)10-14(11-28-22)13-30-8-9-31(20-7-6-19(20)30)15-4-5-17(27-12-15)24(33)26-2/h4-5,10-12,19-20H,3,6-9,13H2,1-2H3,(H,26,33)(H,29,32)/t19-,20-/m0/s1. The van der Waals surface area contributed by atoms with Gasteiger partial charge in [-0.3, -0.25) is 19.5 Å². The van der Waals surface area contributed by atoms with Crippen LogP contribution in [0.25, 0.3) is 11.0 Å². The number of nitrogens with zero attached hydrogens (tertiary/aromatic N) is 4. The summed E-state index contributed by atoms with van der Waals surface area (Å²) in [6.07, 6.45) is 6.03. The number of aromatic nitrogens is 3. The molecule has 0 aromatic carbocycles. The van der Waals surface area contributed by atoms with Gasteiger partial charge in [-0.15, -0.1) is 0 Å². The van der Waals surface area contributed by atoms with Gasteiger partial charge in [0.1, 0.15) is 11.2 Å². The molecule has 1 aliphatic heterocycles. The van der Waals surface area contributed by atoms with E-state index in [2.05, 4.69) is 30.1 Å². The molecule has 0 spiro atoms. The summed E-state index contributed by atoms with van der Waals surface area (Å²) in [5.41, 5.74) is 2.82. The second-order valence-corrected chi connectivity index (χ2v) is 8.70. The van der Waals surface area contributed by atoms with Gasteiger partial charge in [0, 0.05) is 45.0 Å². The van der Waals surface area contributed by atoms with Crippen LogP contribution in [0, 0.1) is 5.82 Å². The quantitative estimate of drug-likeness (QED) is 0.619. The van der Waals surface area contributed by atoms with Crippen molar-refractivity contribution < 1.29 is 9.18 Å². The third-order valence-electron chi connectivity index (χ3n) is 6.92. The van der Waals surface area contributed by atoms with Crippen molar-refractivity contribution in [3.8, 4) is 0 Å². The highest BCUT2D eigenvalue weighted by Gasteiger charge is 2.43. The van der Waals surface area contributed by atoms with Crippen LogP contribution in [0.15, 0.2) is 35.4 Å². The zero-order chi connectivity index (χ0) is 23.1. The molecule has 1 saturated heterocycles. The van der Waals surface area contributed by atoms with E-state index in [-0.39, 0.29) is 22.5 Å². The van der Waals surface area contributed by atoms with Crippen LogP contribution in [0.5, 0.6) is 0 Å². The van der Waals surface area contributed by atoms with Crippen LogP contribution in [0.4, 0.5) is 10.1 Å². The fourth-order valence-electron chi connectivity index (χ4n) is 5.01. The SMILES string of the molecule is CCc1c(F)c2ncc(CN3CCN(c4ccc(C(=O)NC)nc4)[C@H]4CC[C@@H]43)cc2[nH]c1=O. The Morgan fingerprint density at radius 3 is 2.70 bits per heavy atom. The van der Waals surface area contributed by atoms with E-state index in [9.17, 15) is 14.0 Å². The molecule has 172 valence electrons. The van der Waals surface area contributed by atoms with E-state index < -0.39 is 5.82 Å². The maximum Gasteiger partial charge on any atom is 0.269 e. The van der Waals surface area contributed by atoms with Gasteiger partial charge in [0.15, 0.2) is 5.82 Å². The Hall–Kier alpha value is -3.33. The normalized spacial score (nSPS) is 20.4. The number of hydrogen-bond donors (Lipinski definition) is 2. The van der Waals surface area contributed by atoms with Gasteiger partial charge >= 0.3 is 0 Å². The van der Waals surface area contributed by atoms with Crippen molar-refractivity contribution in [2.24, 2.45) is 0 Å². The molecule has 2 atom stereocenters. The number of H-pyrrole nitrogens is 1. The molecule has 8 nitrogen and oxygen atoms in total. The molecule has 2 fully saturated rings. The summed E-state index contributed by atoms with van der Waals surface area (Å²) in [6.45, 7) is 4.18. The largest absolute Gasteiger partial charge is 0.364 e. The van der Waals surface area contributed by atoms with Crippen LogP contribution >= 0.6 is 0 Å². The van der Waals surface area contributed by atoms with Crippen molar-refractivity contribution >= 4 is 22.6 Å². The summed E-state index contributed by atoms with van der Waals surface area (Å²) < 4.78 is 14.6. The number of nitrogens with one attached hydrogen (secondary N) is 2. The van der Waals surface area contributed by atoms with Gasteiger partial charge in [0.05, 0.1) is 23.0 Å². The average molecular weight is 451 g/mol. The highest BCUT2D eigenvalue weighted by Crippen LogP contribution is 2.37. The summed E-state index contributed by atoms with van der Waals surface area (Å²) in [7, 11) is 1.59. The van der Waals surface area contributed by atoms with Crippen LogP contribution < -0.4 is 15.8 Å². The molecule has 4 heterocycles. The van der Waals surface area contributed by atoms with Crippen LogP contribution in [0.2, 0.25) is 0 Å². The molecule has 2 aliphatic rings. The molecule has 0 unspecified atom stereocenters. The van der Waals surface area contributed by atoms with Crippen molar-refractivity contribution in [1.29, 1.82) is 0 Å². The molecule has 0 radical (unpaired) electrons. The fraction of sp³-hybridized carbons (Fsp3) is 0.417. The summed E-state index contributed by atoms with van der Waals surface area (Å²) in [5.74, 6) is -0.712. The number of pyridine rings is 3. The Kier molecular flexibility index (Phi) is 5.57. The van der Waals surface area contributed by atoms with E-state index in [0.717, 1.165) is 37.2 Å². The predicted molar refractivity (Wildman–Crippen MR) is 124 cm³/mol. The number of fused-ring (bicyclic) bond motifs is 2. The lowest BCUT2D eigenvalue weighted by Crippen LogP contribution is -2.64. The number of aromatic amines is 1. The molecular weight excluding hydrogens is 423 g/mol. The molecule has 3 aromatic heterocycles. The molecule has 1 aliphatic carbocycles. The van der Waals surface area contributed by atoms with Gasteiger partial charge in [-0.25, -0.2) is 9.37 Å². The van der Waals surface area contributed by atoms with Crippen LogP contribution in [-0.2, 0) is 13.0 Å². The molecule has 9 heteroatoms. The maximum atomic E-state index is 14.6. The summed E-state index contributed by atoms with van der Waals surface area (Å²) in [4.78, 5) is 40.2. The third kappa shape index (κ3) is 3.76. The molecule has 1 amide bonds. The molecule has 5 rings (SSSR count). The Morgan fingerprint density at radius 2 is 2.03 bits per heavy atom. The first-order valence-corrected chi connectivity index (χ1v) is 11.4. The van der Waals surface area contributed by atoms with E-state index in [1.165, 1.54) is 0 Å². The number of anilines is 1. The highest BCUT2D eigenvalue weighted by molar-refractivity contribution is 5.92. The molecule has 3 aromatic rings. The maximum absolute atomic E-state index is 14.6. The number of carbonyl (C=O) groups is 1. The van der Waals surface area contributed by atoms with Crippen LogP contribution in [0.1, 0.15) is 41.4 Å². The third-order valence-corrected chi connectivity index (χ3v) is 6.92. The lowest BCUT2D eigenvalue weighted by Gasteiger charge is -2.54. The Bertz CT molecular complexity index is 1260. The minimum Gasteiger partial charge on any atom is -0.364 e. The van der Waals surface area contributed by atoms with E-state index >= 15 is 0 Å². The van der Waals surface area contributed by atoms with Crippen LogP contribution in [0.3, 0.4) is 0 Å². The smallest absolute Gasteiger partial charge is 0.269 e. The van der Waals surface area contributed by atoms with Crippen molar-refractivity contribution in [3.05, 3.63) is 63.6 Å². The molecule has 2 N–H and O–H groups in total. The Labute approximate surface area is 190 Å². The number of rotatable bonds is 5. The lowest BCUT2D eigenvalue weighted by atomic mass is 9.81. The van der Waals surface area contributed by atoms with Gasteiger partial charge in [-0.2, -0.15) is 0 Å². The summed E-state index contributed by atoms with van der Waals surface area (Å²) in [5, 5.41) is 2.59. The van der Waals surface area contributed by atoms with E-state index in [4.69, 9.17) is 0 Å². The second kappa shape index (κ2) is 8.55. The molecule has 1 saturated carbocycles. The van der Waals surface area contributed by atoms with E-state index in [1.54, 1.807) is 32.4 Å². The van der Waals surface area contributed by atoms with Gasteiger partial charge in [0.25, 0.3) is 11.5 Å². The zero-order valence-corrected chi connectivity index (χ0v) is 18.8. The summed E-state index contributed by atoms with van der Waals surface area (Å²) in [6, 6.07) is 6.37. The number of piperazine rings is 1. The summed E-state index contributed by atoms with van der Waals surface area (Å²) >= 11 is 0. The lowest BCUT2D eigenvalue weighted by molar-refractivity contribution is 0.0658. The first-order chi connectivity index (χ1) is 16.0. The second-order valence-electron chi connectivity index (χ2n) is 8.70. The predicted octanol–water partition coefficient (Wildman–Crippen LogP) is 2.23. The van der Waals surface area contributed by atoms with Gasteiger partial charge in [-0.1, -0.05) is 6.92 Å². The molecule has 0 bridgehead atoms. The number of hydrogen-bond acceptors (Lipinski definition) is 6.